The zero-order chi connectivity index (χ0) is 16.4. The Morgan fingerprint density at radius 1 is 1.21 bits per heavy atom. The first-order chi connectivity index (χ1) is 11.8. The molecule has 2 aliphatic rings. The third kappa shape index (κ3) is 3.19. The lowest BCUT2D eigenvalue weighted by Crippen LogP contribution is -2.36. The lowest BCUT2D eigenvalue weighted by molar-refractivity contribution is 0.122. The highest BCUT2D eigenvalue weighted by molar-refractivity contribution is 5.49. The molecule has 0 radical (unpaired) electrons. The number of nitrogens with one attached hydrogen (secondary N) is 1. The average Bonchev–Trinajstić information content (AvgIpc) is 3.10. The number of hydrogen-bond donors (Lipinski definition) is 1. The van der Waals surface area contributed by atoms with Crippen LogP contribution in [0.2, 0.25) is 0 Å². The molecule has 0 spiro atoms. The molecule has 1 N–H and O–H groups in total. The van der Waals surface area contributed by atoms with Crippen LogP contribution in [0.5, 0.6) is 0 Å². The number of anilines is 1. The molecule has 4 nitrogen and oxygen atoms in total. The van der Waals surface area contributed by atoms with Crippen molar-refractivity contribution < 1.29 is 13.5 Å². The Morgan fingerprint density at radius 2 is 2.08 bits per heavy atom. The predicted octanol–water partition coefficient (Wildman–Crippen LogP) is 3.42. The molecule has 128 valence electrons. The van der Waals surface area contributed by atoms with Gasteiger partial charge in [0, 0.05) is 37.7 Å². The monoisotopic (exact) mass is 330 g/mol. The lowest BCUT2D eigenvalue weighted by atomic mass is 9.93. The van der Waals surface area contributed by atoms with Gasteiger partial charge in [0.1, 0.15) is 11.6 Å². The number of halogens is 1. The van der Waals surface area contributed by atoms with Crippen LogP contribution in [0.15, 0.2) is 34.9 Å². The second-order valence-corrected chi connectivity index (χ2v) is 6.51. The van der Waals surface area contributed by atoms with E-state index in [4.69, 9.17) is 9.15 Å². The third-order valence-corrected chi connectivity index (χ3v) is 4.97. The summed E-state index contributed by atoms with van der Waals surface area (Å²) in [5.41, 5.74) is 2.91. The smallest absolute Gasteiger partial charge is 0.146 e. The molecule has 1 aliphatic heterocycles. The Kier molecular flexibility index (Phi) is 4.54. The normalized spacial score (nSPS) is 20.9. The van der Waals surface area contributed by atoms with Crippen LogP contribution in [-0.2, 0) is 17.7 Å². The number of benzene rings is 1. The summed E-state index contributed by atoms with van der Waals surface area (Å²) in [4.78, 5) is 2.05. The predicted molar refractivity (Wildman–Crippen MR) is 90.7 cm³/mol. The molecule has 1 fully saturated rings. The van der Waals surface area contributed by atoms with Crippen LogP contribution in [0.25, 0.3) is 0 Å². The van der Waals surface area contributed by atoms with Crippen molar-refractivity contribution in [3.05, 3.63) is 53.2 Å². The second-order valence-electron chi connectivity index (χ2n) is 6.51. The molecule has 1 atom stereocenters. The van der Waals surface area contributed by atoms with Crippen molar-refractivity contribution in [2.45, 2.75) is 31.8 Å². The largest absolute Gasteiger partial charge is 0.469 e. The Balaban J connectivity index is 1.42. The molecule has 0 bridgehead atoms. The third-order valence-electron chi connectivity index (χ3n) is 4.97. The zero-order valence-corrected chi connectivity index (χ0v) is 13.8. The number of aryl methyl sites for hydroxylation is 1. The van der Waals surface area contributed by atoms with E-state index in [0.717, 1.165) is 43.7 Å². The SMILES string of the molecule is Fc1cc(CNC2CCCc3occc32)ccc1N1CCOCC1. The van der Waals surface area contributed by atoms with E-state index in [2.05, 4.69) is 10.2 Å². The van der Waals surface area contributed by atoms with Gasteiger partial charge in [-0.15, -0.1) is 0 Å². The van der Waals surface area contributed by atoms with Gasteiger partial charge in [-0.25, -0.2) is 4.39 Å². The Hall–Kier alpha value is -1.85. The standard InChI is InChI=1S/C19H23FN2O2/c20-16-12-14(4-5-18(16)22-7-10-23-11-8-22)13-21-17-2-1-3-19-15(17)6-9-24-19/h4-6,9,12,17,21H,1-3,7-8,10-11,13H2. The van der Waals surface area contributed by atoms with Gasteiger partial charge >= 0.3 is 0 Å². The van der Waals surface area contributed by atoms with Gasteiger partial charge in [-0.3, -0.25) is 0 Å². The van der Waals surface area contributed by atoms with Crippen LogP contribution in [-0.4, -0.2) is 26.3 Å². The van der Waals surface area contributed by atoms with E-state index in [9.17, 15) is 4.39 Å². The number of fused-ring (bicyclic) bond motifs is 1. The lowest BCUT2D eigenvalue weighted by Gasteiger charge is -2.29. The molecule has 2 aromatic rings. The Bertz CT molecular complexity index is 694. The van der Waals surface area contributed by atoms with Crippen LogP contribution < -0.4 is 10.2 Å². The molecule has 5 heteroatoms. The van der Waals surface area contributed by atoms with Crippen LogP contribution in [0.1, 0.15) is 35.8 Å². The average molecular weight is 330 g/mol. The van der Waals surface area contributed by atoms with Crippen LogP contribution >= 0.6 is 0 Å². The first-order valence-electron chi connectivity index (χ1n) is 8.72. The van der Waals surface area contributed by atoms with Gasteiger partial charge in [0.15, 0.2) is 0 Å². The fourth-order valence-corrected chi connectivity index (χ4v) is 3.66. The minimum Gasteiger partial charge on any atom is -0.469 e. The number of rotatable bonds is 4. The van der Waals surface area contributed by atoms with Gasteiger partial charge in [-0.05, 0) is 36.6 Å². The molecule has 1 saturated heterocycles. The first kappa shape index (κ1) is 15.7. The van der Waals surface area contributed by atoms with Crippen molar-refractivity contribution in [3.63, 3.8) is 0 Å². The fourth-order valence-electron chi connectivity index (χ4n) is 3.66. The molecule has 24 heavy (non-hydrogen) atoms. The van der Waals surface area contributed by atoms with Crippen LogP contribution in [0.4, 0.5) is 10.1 Å². The second kappa shape index (κ2) is 6.95. The number of morpholine rings is 1. The van der Waals surface area contributed by atoms with Crippen LogP contribution in [0.3, 0.4) is 0 Å². The van der Waals surface area contributed by atoms with Gasteiger partial charge in [0.25, 0.3) is 0 Å². The summed E-state index contributed by atoms with van der Waals surface area (Å²) in [5, 5.41) is 3.55. The molecule has 4 rings (SSSR count). The fraction of sp³-hybridized carbons (Fsp3) is 0.474. The summed E-state index contributed by atoms with van der Waals surface area (Å²) in [6.07, 6.45) is 5.01. The number of furan rings is 1. The number of nitrogens with zero attached hydrogens (tertiary/aromatic N) is 1. The van der Waals surface area contributed by atoms with Gasteiger partial charge < -0.3 is 19.4 Å². The molecule has 0 amide bonds. The van der Waals surface area contributed by atoms with E-state index in [1.54, 1.807) is 12.3 Å². The number of hydrogen-bond acceptors (Lipinski definition) is 4. The van der Waals surface area contributed by atoms with Crippen molar-refractivity contribution in [2.75, 3.05) is 31.2 Å². The van der Waals surface area contributed by atoms with Crippen molar-refractivity contribution >= 4 is 5.69 Å². The van der Waals surface area contributed by atoms with Crippen molar-refractivity contribution in [1.82, 2.24) is 5.32 Å². The van der Waals surface area contributed by atoms with Crippen LogP contribution in [0, 0.1) is 5.82 Å². The van der Waals surface area contributed by atoms with E-state index in [1.807, 2.05) is 18.2 Å². The van der Waals surface area contributed by atoms with Gasteiger partial charge in [0.05, 0.1) is 25.2 Å². The van der Waals surface area contributed by atoms with E-state index in [0.29, 0.717) is 31.5 Å². The number of ether oxygens (including phenoxy) is 1. The first-order valence-corrected chi connectivity index (χ1v) is 8.72. The van der Waals surface area contributed by atoms with E-state index < -0.39 is 0 Å². The van der Waals surface area contributed by atoms with Crippen molar-refractivity contribution in [1.29, 1.82) is 0 Å². The highest BCUT2D eigenvalue weighted by Gasteiger charge is 2.22. The van der Waals surface area contributed by atoms with Gasteiger partial charge in [-0.1, -0.05) is 6.07 Å². The summed E-state index contributed by atoms with van der Waals surface area (Å²) < 4.78 is 25.3. The summed E-state index contributed by atoms with van der Waals surface area (Å²) in [5.74, 6) is 0.941. The quantitative estimate of drug-likeness (QED) is 0.932. The summed E-state index contributed by atoms with van der Waals surface area (Å²) in [6.45, 7) is 3.49. The molecule has 1 unspecified atom stereocenters. The molecule has 1 aromatic carbocycles. The Morgan fingerprint density at radius 3 is 2.92 bits per heavy atom. The van der Waals surface area contributed by atoms with E-state index >= 15 is 0 Å². The summed E-state index contributed by atoms with van der Waals surface area (Å²) in [7, 11) is 0. The minimum atomic E-state index is -0.149. The highest BCUT2D eigenvalue weighted by Crippen LogP contribution is 2.31. The van der Waals surface area contributed by atoms with Crippen molar-refractivity contribution in [2.24, 2.45) is 0 Å². The Labute approximate surface area is 141 Å². The van der Waals surface area contributed by atoms with Gasteiger partial charge in [-0.2, -0.15) is 0 Å². The topological polar surface area (TPSA) is 37.6 Å². The zero-order valence-electron chi connectivity index (χ0n) is 13.8. The maximum Gasteiger partial charge on any atom is 0.146 e. The molecule has 1 aliphatic carbocycles. The van der Waals surface area contributed by atoms with E-state index in [1.165, 1.54) is 5.56 Å². The maximum atomic E-state index is 14.5. The highest BCUT2D eigenvalue weighted by atomic mass is 19.1. The van der Waals surface area contributed by atoms with Crippen molar-refractivity contribution in [3.8, 4) is 0 Å². The summed E-state index contributed by atoms with van der Waals surface area (Å²) in [6, 6.07) is 7.90. The molecule has 0 saturated carbocycles. The molecule has 1 aromatic heterocycles. The molecule has 2 heterocycles. The summed E-state index contributed by atoms with van der Waals surface area (Å²) >= 11 is 0. The van der Waals surface area contributed by atoms with Gasteiger partial charge in [0.2, 0.25) is 0 Å². The molecular formula is C19H23FN2O2. The molecular weight excluding hydrogens is 307 g/mol. The minimum absolute atomic E-state index is 0.149. The maximum absolute atomic E-state index is 14.5. The van der Waals surface area contributed by atoms with E-state index in [-0.39, 0.29) is 5.82 Å².